The molecule has 1 aromatic heterocycles. The van der Waals surface area contributed by atoms with Gasteiger partial charge in [-0.25, -0.2) is 4.98 Å². The number of aromatic nitrogens is 2. The monoisotopic (exact) mass is 321 g/mol. The Balaban J connectivity index is 1.65. The second-order valence-corrected chi connectivity index (χ2v) is 6.40. The van der Waals surface area contributed by atoms with Gasteiger partial charge in [-0.1, -0.05) is 25.0 Å². The predicted molar refractivity (Wildman–Crippen MR) is 83.4 cm³/mol. The first-order valence-electron chi connectivity index (χ1n) is 8.33. The van der Waals surface area contributed by atoms with E-state index in [1.807, 2.05) is 6.07 Å². The second kappa shape index (κ2) is 6.17. The fraction of sp³-hybridized carbons (Fsp3) is 0.588. The summed E-state index contributed by atoms with van der Waals surface area (Å²) >= 11 is 0. The Hall–Kier alpha value is -1.53. The summed E-state index contributed by atoms with van der Waals surface area (Å²) in [5, 5.41) is 0. The predicted octanol–water partition coefficient (Wildman–Crippen LogP) is 3.57. The van der Waals surface area contributed by atoms with E-state index in [0.717, 1.165) is 24.0 Å². The number of nitrogens with zero attached hydrogens (tertiary/aromatic N) is 3. The zero-order valence-corrected chi connectivity index (χ0v) is 13.0. The number of rotatable bonds is 3. The molecule has 0 spiro atoms. The van der Waals surface area contributed by atoms with Crippen LogP contribution < -0.4 is 0 Å². The van der Waals surface area contributed by atoms with Crippen molar-refractivity contribution in [2.75, 3.05) is 13.2 Å². The normalized spacial score (nSPS) is 25.9. The van der Waals surface area contributed by atoms with Crippen LogP contribution in [0.4, 0.5) is 8.78 Å². The van der Waals surface area contributed by atoms with Gasteiger partial charge in [0.2, 0.25) is 0 Å². The Bertz CT molecular complexity index is 686. The molecule has 124 valence electrons. The standard InChI is InChI=1S/C17H21F2N3O/c18-17(19)22-13-6-2-1-5-12(13)20-16(22)11-21-9-10-23-15-8-4-3-7-14(15)21/h1-2,5-6,14-15,17H,3-4,7-11H2/t14-,15-/m0/s1. The molecule has 0 N–H and O–H groups in total. The first-order chi connectivity index (χ1) is 11.2. The molecule has 1 saturated heterocycles. The summed E-state index contributed by atoms with van der Waals surface area (Å²) < 4.78 is 34.1. The van der Waals surface area contributed by atoms with Crippen molar-refractivity contribution in [2.45, 2.75) is 50.9 Å². The molecule has 2 heterocycles. The summed E-state index contributed by atoms with van der Waals surface area (Å²) in [7, 11) is 0. The maximum atomic E-state index is 13.6. The number of imidazole rings is 1. The highest BCUT2D eigenvalue weighted by Crippen LogP contribution is 2.31. The number of hydrogen-bond acceptors (Lipinski definition) is 3. The SMILES string of the molecule is FC(F)n1c(CN2CCO[C@H]3CCCC[C@@H]32)nc2ccccc21. The van der Waals surface area contributed by atoms with Crippen molar-refractivity contribution in [3.8, 4) is 0 Å². The molecule has 2 fully saturated rings. The van der Waals surface area contributed by atoms with E-state index in [4.69, 9.17) is 4.74 Å². The summed E-state index contributed by atoms with van der Waals surface area (Å²) in [4.78, 5) is 6.75. The molecule has 4 rings (SSSR count). The van der Waals surface area contributed by atoms with Crippen LogP contribution in [0.3, 0.4) is 0 Å². The first-order valence-corrected chi connectivity index (χ1v) is 8.33. The largest absolute Gasteiger partial charge is 0.375 e. The van der Waals surface area contributed by atoms with Gasteiger partial charge in [-0.15, -0.1) is 0 Å². The van der Waals surface area contributed by atoms with E-state index >= 15 is 0 Å². The molecule has 1 saturated carbocycles. The average Bonchev–Trinajstić information content (AvgIpc) is 2.93. The van der Waals surface area contributed by atoms with Gasteiger partial charge in [0.1, 0.15) is 5.82 Å². The van der Waals surface area contributed by atoms with Crippen molar-refractivity contribution < 1.29 is 13.5 Å². The third-order valence-corrected chi connectivity index (χ3v) is 5.06. The van der Waals surface area contributed by atoms with E-state index in [1.165, 1.54) is 12.8 Å². The van der Waals surface area contributed by atoms with Crippen molar-refractivity contribution in [3.63, 3.8) is 0 Å². The molecule has 2 aromatic rings. The van der Waals surface area contributed by atoms with Crippen LogP contribution >= 0.6 is 0 Å². The topological polar surface area (TPSA) is 30.3 Å². The van der Waals surface area contributed by atoms with Crippen LogP contribution in [0.1, 0.15) is 38.1 Å². The molecule has 2 aliphatic rings. The molecule has 6 heteroatoms. The molecular formula is C17H21F2N3O. The molecule has 0 bridgehead atoms. The van der Waals surface area contributed by atoms with Gasteiger partial charge in [-0.3, -0.25) is 9.47 Å². The first kappa shape index (κ1) is 15.0. The van der Waals surface area contributed by atoms with Gasteiger partial charge in [-0.2, -0.15) is 8.78 Å². The van der Waals surface area contributed by atoms with Crippen LogP contribution in [-0.4, -0.2) is 39.7 Å². The molecule has 1 aliphatic carbocycles. The summed E-state index contributed by atoms with van der Waals surface area (Å²) in [6.45, 7) is -0.645. The molecule has 1 aliphatic heterocycles. The van der Waals surface area contributed by atoms with Crippen LogP contribution in [0.5, 0.6) is 0 Å². The Kier molecular flexibility index (Phi) is 4.03. The zero-order valence-electron chi connectivity index (χ0n) is 13.0. The number of fused-ring (bicyclic) bond motifs is 2. The highest BCUT2D eigenvalue weighted by atomic mass is 19.3. The van der Waals surface area contributed by atoms with Gasteiger partial charge >= 0.3 is 6.55 Å². The lowest BCUT2D eigenvalue weighted by Crippen LogP contribution is -2.52. The molecule has 0 radical (unpaired) electrons. The minimum Gasteiger partial charge on any atom is -0.375 e. The van der Waals surface area contributed by atoms with E-state index in [0.29, 0.717) is 36.1 Å². The van der Waals surface area contributed by atoms with Crippen molar-refractivity contribution >= 4 is 11.0 Å². The fourth-order valence-electron chi connectivity index (χ4n) is 3.98. The molecule has 2 atom stereocenters. The minimum absolute atomic E-state index is 0.252. The lowest BCUT2D eigenvalue weighted by Gasteiger charge is -2.43. The van der Waals surface area contributed by atoms with Crippen LogP contribution in [0.25, 0.3) is 11.0 Å². The van der Waals surface area contributed by atoms with E-state index in [-0.39, 0.29) is 6.10 Å². The smallest absolute Gasteiger partial charge is 0.320 e. The van der Waals surface area contributed by atoms with E-state index in [1.54, 1.807) is 18.2 Å². The van der Waals surface area contributed by atoms with Gasteiger partial charge in [0.05, 0.1) is 30.3 Å². The molecule has 0 amide bonds. The maximum Gasteiger partial charge on any atom is 0.320 e. The lowest BCUT2D eigenvalue weighted by molar-refractivity contribution is -0.0926. The van der Waals surface area contributed by atoms with Crippen LogP contribution in [0.2, 0.25) is 0 Å². The van der Waals surface area contributed by atoms with Gasteiger partial charge in [0, 0.05) is 12.6 Å². The number of alkyl halides is 2. The highest BCUT2D eigenvalue weighted by molar-refractivity contribution is 5.75. The number of ether oxygens (including phenoxy) is 1. The second-order valence-electron chi connectivity index (χ2n) is 6.40. The molecule has 0 unspecified atom stereocenters. The summed E-state index contributed by atoms with van der Waals surface area (Å²) in [6, 6.07) is 7.45. The number of morpholine rings is 1. The number of benzene rings is 1. The van der Waals surface area contributed by atoms with Crippen molar-refractivity contribution in [2.24, 2.45) is 0 Å². The molecule has 4 nitrogen and oxygen atoms in total. The zero-order chi connectivity index (χ0) is 15.8. The number of para-hydroxylation sites is 2. The average molecular weight is 321 g/mol. The van der Waals surface area contributed by atoms with Crippen LogP contribution in [0, 0.1) is 0 Å². The van der Waals surface area contributed by atoms with Gasteiger partial charge < -0.3 is 4.74 Å². The van der Waals surface area contributed by atoms with Crippen LogP contribution in [0.15, 0.2) is 24.3 Å². The summed E-state index contributed by atoms with van der Waals surface area (Å²) in [5.41, 5.74) is 1.14. The number of hydrogen-bond donors (Lipinski definition) is 0. The minimum atomic E-state index is -2.57. The third-order valence-electron chi connectivity index (χ3n) is 5.06. The fourth-order valence-corrected chi connectivity index (χ4v) is 3.98. The molecule has 1 aromatic carbocycles. The number of halogens is 2. The molecule has 23 heavy (non-hydrogen) atoms. The van der Waals surface area contributed by atoms with E-state index < -0.39 is 6.55 Å². The third kappa shape index (κ3) is 2.74. The van der Waals surface area contributed by atoms with Gasteiger partial charge in [0.15, 0.2) is 0 Å². The lowest BCUT2D eigenvalue weighted by atomic mass is 9.90. The van der Waals surface area contributed by atoms with Crippen molar-refractivity contribution in [1.82, 2.24) is 14.5 Å². The van der Waals surface area contributed by atoms with Crippen LogP contribution in [-0.2, 0) is 11.3 Å². The Morgan fingerprint density at radius 3 is 2.91 bits per heavy atom. The van der Waals surface area contributed by atoms with Crippen molar-refractivity contribution in [1.29, 1.82) is 0 Å². The van der Waals surface area contributed by atoms with E-state index in [2.05, 4.69) is 9.88 Å². The van der Waals surface area contributed by atoms with Gasteiger partial charge in [-0.05, 0) is 25.0 Å². The summed E-state index contributed by atoms with van der Waals surface area (Å²) in [6.07, 6.45) is 4.80. The van der Waals surface area contributed by atoms with Gasteiger partial charge in [0.25, 0.3) is 0 Å². The molecular weight excluding hydrogens is 300 g/mol. The Morgan fingerprint density at radius 1 is 1.22 bits per heavy atom. The Morgan fingerprint density at radius 2 is 2.04 bits per heavy atom. The summed E-state index contributed by atoms with van der Waals surface area (Å²) in [5.74, 6) is 0.451. The van der Waals surface area contributed by atoms with Crippen molar-refractivity contribution in [3.05, 3.63) is 30.1 Å². The Labute approximate surface area is 134 Å². The highest BCUT2D eigenvalue weighted by Gasteiger charge is 2.35. The quantitative estimate of drug-likeness (QED) is 0.866. The maximum absolute atomic E-state index is 13.6. The van der Waals surface area contributed by atoms with E-state index in [9.17, 15) is 8.78 Å².